The van der Waals surface area contributed by atoms with Crippen molar-refractivity contribution in [2.45, 2.75) is 26.4 Å². The zero-order valence-corrected chi connectivity index (χ0v) is 15.1. The lowest BCUT2D eigenvalue weighted by atomic mass is 10.1. The zero-order chi connectivity index (χ0) is 20.0. The Morgan fingerprint density at radius 1 is 0.963 bits per heavy atom. The lowest BCUT2D eigenvalue weighted by Gasteiger charge is -2.10. The van der Waals surface area contributed by atoms with Crippen molar-refractivity contribution >= 4 is 17.5 Å². The second-order valence-electron chi connectivity index (χ2n) is 6.55. The Morgan fingerprint density at radius 2 is 1.56 bits per heavy atom. The van der Waals surface area contributed by atoms with Gasteiger partial charge in [0.25, 0.3) is 11.8 Å². The van der Waals surface area contributed by atoms with Crippen LogP contribution in [0.25, 0.3) is 0 Å². The van der Waals surface area contributed by atoms with Crippen molar-refractivity contribution in [3.05, 3.63) is 65.2 Å². The van der Waals surface area contributed by atoms with Crippen LogP contribution < -0.4 is 10.6 Å². The molecule has 2 aromatic rings. The molecule has 0 aliphatic heterocycles. The number of benzene rings is 2. The Labute approximate surface area is 155 Å². The monoisotopic (exact) mass is 378 g/mol. The van der Waals surface area contributed by atoms with Crippen LogP contribution in [-0.4, -0.2) is 18.4 Å². The standard InChI is InChI=1S/C20H21F3N2O2/c1-13(2)10-11-24-18(26)14-4-3-5-15(12-14)19(27)25-17-8-6-16(7-9-17)20(21,22)23/h3-9,12-13H,10-11H2,1-2H3,(H,24,26)(H,25,27). The summed E-state index contributed by atoms with van der Waals surface area (Å²) < 4.78 is 37.7. The second-order valence-corrected chi connectivity index (χ2v) is 6.55. The third-order valence-electron chi connectivity index (χ3n) is 3.86. The summed E-state index contributed by atoms with van der Waals surface area (Å²) in [6, 6.07) is 10.3. The quantitative estimate of drug-likeness (QED) is 0.763. The molecule has 0 radical (unpaired) electrons. The normalized spacial score (nSPS) is 11.3. The summed E-state index contributed by atoms with van der Waals surface area (Å²) in [6.07, 6.45) is -3.58. The molecule has 0 unspecified atom stereocenters. The van der Waals surface area contributed by atoms with Gasteiger partial charge in [0, 0.05) is 23.4 Å². The highest BCUT2D eigenvalue weighted by Gasteiger charge is 2.30. The molecule has 2 amide bonds. The predicted octanol–water partition coefficient (Wildman–Crippen LogP) is 4.73. The van der Waals surface area contributed by atoms with Crippen LogP contribution in [0.15, 0.2) is 48.5 Å². The summed E-state index contributed by atoms with van der Waals surface area (Å²) in [5.74, 6) is -0.322. The van der Waals surface area contributed by atoms with E-state index in [0.717, 1.165) is 18.6 Å². The number of carbonyl (C=O) groups excluding carboxylic acids is 2. The van der Waals surface area contributed by atoms with Crippen LogP contribution in [0.1, 0.15) is 46.5 Å². The van der Waals surface area contributed by atoms with Crippen molar-refractivity contribution in [2.24, 2.45) is 5.92 Å². The van der Waals surface area contributed by atoms with Crippen LogP contribution in [0.3, 0.4) is 0 Å². The van der Waals surface area contributed by atoms with Crippen LogP contribution in [0.5, 0.6) is 0 Å². The van der Waals surface area contributed by atoms with Gasteiger partial charge in [0.2, 0.25) is 0 Å². The first-order chi connectivity index (χ1) is 12.7. The van der Waals surface area contributed by atoms with Gasteiger partial charge < -0.3 is 10.6 Å². The van der Waals surface area contributed by atoms with Crippen molar-refractivity contribution in [1.82, 2.24) is 5.32 Å². The van der Waals surface area contributed by atoms with E-state index >= 15 is 0 Å². The maximum Gasteiger partial charge on any atom is 0.416 e. The van der Waals surface area contributed by atoms with E-state index in [0.29, 0.717) is 18.0 Å². The molecule has 7 heteroatoms. The fourth-order valence-electron chi connectivity index (χ4n) is 2.32. The van der Waals surface area contributed by atoms with Gasteiger partial charge in [-0.25, -0.2) is 0 Å². The fourth-order valence-corrected chi connectivity index (χ4v) is 2.32. The van der Waals surface area contributed by atoms with Crippen molar-refractivity contribution < 1.29 is 22.8 Å². The maximum atomic E-state index is 12.6. The molecule has 144 valence electrons. The van der Waals surface area contributed by atoms with Gasteiger partial charge in [-0.1, -0.05) is 19.9 Å². The number of rotatable bonds is 6. The minimum atomic E-state index is -4.43. The molecule has 2 aromatic carbocycles. The minimum absolute atomic E-state index is 0.236. The largest absolute Gasteiger partial charge is 0.416 e. The van der Waals surface area contributed by atoms with Crippen molar-refractivity contribution in [1.29, 1.82) is 0 Å². The molecule has 0 saturated heterocycles. The Bertz CT molecular complexity index is 800. The summed E-state index contributed by atoms with van der Waals surface area (Å²) in [6.45, 7) is 4.65. The lowest BCUT2D eigenvalue weighted by molar-refractivity contribution is -0.137. The van der Waals surface area contributed by atoms with E-state index in [2.05, 4.69) is 24.5 Å². The lowest BCUT2D eigenvalue weighted by Crippen LogP contribution is -2.25. The Balaban J connectivity index is 2.03. The van der Waals surface area contributed by atoms with Crippen LogP contribution in [-0.2, 0) is 6.18 Å². The Hall–Kier alpha value is -2.83. The molecule has 0 saturated carbocycles. The minimum Gasteiger partial charge on any atom is -0.352 e. The molecule has 27 heavy (non-hydrogen) atoms. The number of hydrogen-bond donors (Lipinski definition) is 2. The highest BCUT2D eigenvalue weighted by atomic mass is 19.4. The molecule has 2 N–H and O–H groups in total. The molecule has 0 aliphatic rings. The summed E-state index contributed by atoms with van der Waals surface area (Å²) in [5, 5.41) is 5.31. The average molecular weight is 378 g/mol. The molecule has 0 atom stereocenters. The highest BCUT2D eigenvalue weighted by Crippen LogP contribution is 2.29. The number of anilines is 1. The second kappa shape index (κ2) is 8.70. The van der Waals surface area contributed by atoms with Gasteiger partial charge >= 0.3 is 6.18 Å². The first-order valence-electron chi connectivity index (χ1n) is 8.53. The topological polar surface area (TPSA) is 58.2 Å². The Morgan fingerprint density at radius 3 is 2.11 bits per heavy atom. The molecule has 0 bridgehead atoms. The first kappa shape index (κ1) is 20.5. The van der Waals surface area contributed by atoms with Gasteiger partial charge in [-0.15, -0.1) is 0 Å². The molecule has 0 fully saturated rings. The predicted molar refractivity (Wildman–Crippen MR) is 97.6 cm³/mol. The van der Waals surface area contributed by atoms with E-state index in [1.54, 1.807) is 12.1 Å². The van der Waals surface area contributed by atoms with Gasteiger partial charge in [0.1, 0.15) is 0 Å². The molecular formula is C20H21F3N2O2. The highest BCUT2D eigenvalue weighted by molar-refractivity contribution is 6.06. The molecule has 0 spiro atoms. The zero-order valence-electron chi connectivity index (χ0n) is 15.1. The van der Waals surface area contributed by atoms with E-state index in [1.807, 2.05) is 0 Å². The van der Waals surface area contributed by atoms with Gasteiger partial charge in [-0.2, -0.15) is 13.2 Å². The van der Waals surface area contributed by atoms with E-state index in [9.17, 15) is 22.8 Å². The van der Waals surface area contributed by atoms with Crippen LogP contribution in [0.4, 0.5) is 18.9 Å². The smallest absolute Gasteiger partial charge is 0.352 e. The van der Waals surface area contributed by atoms with Gasteiger partial charge in [0.15, 0.2) is 0 Å². The van der Waals surface area contributed by atoms with Crippen molar-refractivity contribution in [2.75, 3.05) is 11.9 Å². The summed E-state index contributed by atoms with van der Waals surface area (Å²) in [4.78, 5) is 24.5. The number of hydrogen-bond acceptors (Lipinski definition) is 2. The van der Waals surface area contributed by atoms with E-state index in [1.165, 1.54) is 24.3 Å². The van der Waals surface area contributed by atoms with Crippen molar-refractivity contribution in [3.63, 3.8) is 0 Å². The third-order valence-corrected chi connectivity index (χ3v) is 3.86. The van der Waals surface area contributed by atoms with Gasteiger partial charge in [-0.05, 0) is 54.8 Å². The Kier molecular flexibility index (Phi) is 6.60. The number of nitrogens with one attached hydrogen (secondary N) is 2. The molecule has 0 aromatic heterocycles. The van der Waals surface area contributed by atoms with E-state index < -0.39 is 17.6 Å². The molecule has 2 rings (SSSR count). The molecule has 0 heterocycles. The van der Waals surface area contributed by atoms with Crippen molar-refractivity contribution in [3.8, 4) is 0 Å². The molecular weight excluding hydrogens is 357 g/mol. The summed E-state index contributed by atoms with van der Waals surface area (Å²) >= 11 is 0. The van der Waals surface area contributed by atoms with Gasteiger partial charge in [0.05, 0.1) is 5.56 Å². The number of carbonyl (C=O) groups is 2. The van der Waals surface area contributed by atoms with E-state index in [4.69, 9.17) is 0 Å². The van der Waals surface area contributed by atoms with Crippen LogP contribution >= 0.6 is 0 Å². The first-order valence-corrected chi connectivity index (χ1v) is 8.53. The molecule has 4 nitrogen and oxygen atoms in total. The summed E-state index contributed by atoms with van der Waals surface area (Å²) in [5.41, 5.74) is 0.0329. The number of amides is 2. The number of halogens is 3. The van der Waals surface area contributed by atoms with Crippen LogP contribution in [0, 0.1) is 5.92 Å². The molecule has 0 aliphatic carbocycles. The number of alkyl halides is 3. The van der Waals surface area contributed by atoms with Gasteiger partial charge in [-0.3, -0.25) is 9.59 Å². The maximum absolute atomic E-state index is 12.6. The van der Waals surface area contributed by atoms with Crippen LogP contribution in [0.2, 0.25) is 0 Å². The average Bonchev–Trinajstić information content (AvgIpc) is 2.61. The summed E-state index contributed by atoms with van der Waals surface area (Å²) in [7, 11) is 0. The third kappa shape index (κ3) is 6.13. The SMILES string of the molecule is CC(C)CCNC(=O)c1cccc(C(=O)Nc2ccc(C(F)(F)F)cc2)c1. The fraction of sp³-hybridized carbons (Fsp3) is 0.300. The van der Waals surface area contributed by atoms with E-state index in [-0.39, 0.29) is 17.2 Å².